The summed E-state index contributed by atoms with van der Waals surface area (Å²) in [5, 5.41) is 11.8. The predicted octanol–water partition coefficient (Wildman–Crippen LogP) is 2.44. The third-order valence-corrected chi connectivity index (χ3v) is 4.83. The summed E-state index contributed by atoms with van der Waals surface area (Å²) >= 11 is 0. The van der Waals surface area contributed by atoms with Crippen LogP contribution in [-0.2, 0) is 9.47 Å². The number of aromatic amines is 1. The molecule has 2 aromatic rings. The van der Waals surface area contributed by atoms with Gasteiger partial charge in [0.2, 0.25) is 0 Å². The van der Waals surface area contributed by atoms with E-state index in [1.165, 1.54) is 6.07 Å². The fourth-order valence-electron chi connectivity index (χ4n) is 3.65. The molecule has 2 fully saturated rings. The highest BCUT2D eigenvalue weighted by Gasteiger charge is 2.37. The molecule has 8 heteroatoms. The van der Waals surface area contributed by atoms with Gasteiger partial charge in [-0.05, 0) is 25.3 Å². The summed E-state index contributed by atoms with van der Waals surface area (Å²) in [5.74, 6) is -0.172. The summed E-state index contributed by atoms with van der Waals surface area (Å²) in [6.45, 7) is 1.72. The number of nitro groups is 1. The molecule has 25 heavy (non-hydrogen) atoms. The first-order valence-electron chi connectivity index (χ1n) is 8.45. The molecular formula is C17H19N3O5. The largest absolute Gasteiger partial charge is 0.348 e. The first-order chi connectivity index (χ1) is 12.1. The van der Waals surface area contributed by atoms with Gasteiger partial charge in [0.25, 0.3) is 11.6 Å². The van der Waals surface area contributed by atoms with Gasteiger partial charge in [-0.1, -0.05) is 12.1 Å². The molecule has 0 spiro atoms. The van der Waals surface area contributed by atoms with Crippen molar-refractivity contribution in [2.75, 3.05) is 19.8 Å². The maximum absolute atomic E-state index is 13.0. The molecule has 1 atom stereocenters. The molecule has 1 aromatic carbocycles. The minimum absolute atomic E-state index is 0.0331. The molecule has 0 aliphatic carbocycles. The van der Waals surface area contributed by atoms with Crippen molar-refractivity contribution in [2.24, 2.45) is 0 Å². The molecule has 2 aliphatic rings. The maximum atomic E-state index is 13.0. The van der Waals surface area contributed by atoms with Gasteiger partial charge in [-0.25, -0.2) is 0 Å². The monoisotopic (exact) mass is 345 g/mol. The van der Waals surface area contributed by atoms with Crippen LogP contribution in [0, 0.1) is 10.1 Å². The summed E-state index contributed by atoms with van der Waals surface area (Å²) < 4.78 is 11.2. The van der Waals surface area contributed by atoms with Crippen LogP contribution in [0.3, 0.4) is 0 Å². The average molecular weight is 345 g/mol. The first-order valence-corrected chi connectivity index (χ1v) is 8.45. The van der Waals surface area contributed by atoms with Gasteiger partial charge in [0.15, 0.2) is 6.29 Å². The number of para-hydroxylation sites is 1. The standard InChI is InChI=1S/C17H19N3O5/c21-16(19-7-2-1-5-14(19)17-24-8-9-25-17)12-10-11-4-3-6-13(20(22)23)15(11)18-12/h3-4,6,10,14,17-18H,1-2,5,7-9H2. The Hall–Kier alpha value is -2.45. The van der Waals surface area contributed by atoms with Crippen molar-refractivity contribution in [3.63, 3.8) is 0 Å². The van der Waals surface area contributed by atoms with Gasteiger partial charge in [-0.15, -0.1) is 0 Å². The number of aromatic nitrogens is 1. The molecule has 2 aliphatic heterocycles. The van der Waals surface area contributed by atoms with Gasteiger partial charge in [0.1, 0.15) is 11.2 Å². The number of ether oxygens (including phenoxy) is 2. The number of non-ortho nitro benzene ring substituents is 1. The number of likely N-dealkylation sites (tertiary alicyclic amines) is 1. The number of nitrogens with zero attached hydrogens (tertiary/aromatic N) is 2. The second-order valence-electron chi connectivity index (χ2n) is 6.35. The van der Waals surface area contributed by atoms with Gasteiger partial charge in [0, 0.05) is 18.0 Å². The molecule has 0 radical (unpaired) electrons. The molecule has 4 rings (SSSR count). The van der Waals surface area contributed by atoms with E-state index in [0.717, 1.165) is 19.3 Å². The molecule has 0 saturated carbocycles. The quantitative estimate of drug-likeness (QED) is 0.680. The molecule has 1 amide bonds. The van der Waals surface area contributed by atoms with Crippen molar-refractivity contribution < 1.29 is 19.2 Å². The summed E-state index contributed by atoms with van der Waals surface area (Å²) in [5.41, 5.74) is 0.696. The average Bonchev–Trinajstić information content (AvgIpc) is 3.30. The summed E-state index contributed by atoms with van der Waals surface area (Å²) in [4.78, 5) is 28.5. The lowest BCUT2D eigenvalue weighted by atomic mass is 10.0. The molecule has 0 bridgehead atoms. The number of hydrogen-bond acceptors (Lipinski definition) is 5. The number of amides is 1. The Labute approximate surface area is 143 Å². The van der Waals surface area contributed by atoms with Crippen LogP contribution in [0.2, 0.25) is 0 Å². The van der Waals surface area contributed by atoms with Crippen LogP contribution in [0.25, 0.3) is 10.9 Å². The highest BCUT2D eigenvalue weighted by Crippen LogP contribution is 2.29. The Morgan fingerprint density at radius 1 is 1.28 bits per heavy atom. The molecule has 132 valence electrons. The summed E-state index contributed by atoms with van der Waals surface area (Å²) in [6, 6.07) is 6.35. The van der Waals surface area contributed by atoms with E-state index in [1.54, 1.807) is 23.1 Å². The second kappa shape index (κ2) is 6.45. The Balaban J connectivity index is 1.66. The van der Waals surface area contributed by atoms with Crippen molar-refractivity contribution >= 4 is 22.5 Å². The first kappa shape index (κ1) is 16.0. The van der Waals surface area contributed by atoms with Crippen LogP contribution in [0.15, 0.2) is 24.3 Å². The van der Waals surface area contributed by atoms with E-state index >= 15 is 0 Å². The van der Waals surface area contributed by atoms with Crippen molar-refractivity contribution in [1.29, 1.82) is 0 Å². The zero-order chi connectivity index (χ0) is 17.4. The zero-order valence-corrected chi connectivity index (χ0v) is 13.6. The molecule has 2 saturated heterocycles. The summed E-state index contributed by atoms with van der Waals surface area (Å²) in [7, 11) is 0. The van der Waals surface area contributed by atoms with Crippen molar-refractivity contribution in [3.8, 4) is 0 Å². The fourth-order valence-corrected chi connectivity index (χ4v) is 3.65. The minimum atomic E-state index is -0.447. The minimum Gasteiger partial charge on any atom is -0.348 e. The van der Waals surface area contributed by atoms with E-state index in [0.29, 0.717) is 36.4 Å². The number of rotatable bonds is 3. The number of nitro benzene ring substituents is 1. The fraction of sp³-hybridized carbons (Fsp3) is 0.471. The molecule has 8 nitrogen and oxygen atoms in total. The van der Waals surface area contributed by atoms with Crippen LogP contribution < -0.4 is 0 Å². The molecular weight excluding hydrogens is 326 g/mol. The number of carbonyl (C=O) groups excluding carboxylic acids is 1. The van der Waals surface area contributed by atoms with Crippen LogP contribution in [0.5, 0.6) is 0 Å². The number of benzene rings is 1. The lowest BCUT2D eigenvalue weighted by Crippen LogP contribution is -2.50. The van der Waals surface area contributed by atoms with E-state index in [9.17, 15) is 14.9 Å². The van der Waals surface area contributed by atoms with E-state index in [2.05, 4.69) is 4.98 Å². The van der Waals surface area contributed by atoms with Gasteiger partial charge >= 0.3 is 0 Å². The highest BCUT2D eigenvalue weighted by molar-refractivity contribution is 6.00. The normalized spacial score (nSPS) is 21.8. The van der Waals surface area contributed by atoms with Gasteiger partial charge in [0.05, 0.1) is 24.2 Å². The van der Waals surface area contributed by atoms with Gasteiger partial charge in [-0.3, -0.25) is 14.9 Å². The van der Waals surface area contributed by atoms with Crippen molar-refractivity contribution in [2.45, 2.75) is 31.6 Å². The van der Waals surface area contributed by atoms with E-state index in [-0.39, 0.29) is 23.9 Å². The van der Waals surface area contributed by atoms with Crippen LogP contribution >= 0.6 is 0 Å². The predicted molar refractivity (Wildman–Crippen MR) is 89.3 cm³/mol. The molecule has 1 aromatic heterocycles. The Kier molecular flexibility index (Phi) is 4.14. The third kappa shape index (κ3) is 2.87. The molecule has 1 N–H and O–H groups in total. The number of fused-ring (bicyclic) bond motifs is 1. The Bertz CT molecular complexity index is 812. The second-order valence-corrected chi connectivity index (χ2v) is 6.35. The van der Waals surface area contributed by atoms with Crippen LogP contribution in [-0.4, -0.2) is 52.8 Å². The van der Waals surface area contributed by atoms with Crippen molar-refractivity contribution in [3.05, 3.63) is 40.1 Å². The van der Waals surface area contributed by atoms with Gasteiger partial charge in [-0.2, -0.15) is 0 Å². The van der Waals surface area contributed by atoms with Crippen molar-refractivity contribution in [1.82, 2.24) is 9.88 Å². The maximum Gasteiger partial charge on any atom is 0.293 e. The smallest absolute Gasteiger partial charge is 0.293 e. The van der Waals surface area contributed by atoms with Crippen LogP contribution in [0.1, 0.15) is 29.8 Å². The zero-order valence-electron chi connectivity index (χ0n) is 13.6. The highest BCUT2D eigenvalue weighted by atomic mass is 16.7. The third-order valence-electron chi connectivity index (χ3n) is 4.83. The lowest BCUT2D eigenvalue weighted by molar-refractivity contribution is -0.383. The van der Waals surface area contributed by atoms with E-state index in [4.69, 9.17) is 9.47 Å². The summed E-state index contributed by atoms with van der Waals surface area (Å²) in [6.07, 6.45) is 2.39. The lowest BCUT2D eigenvalue weighted by Gasteiger charge is -2.37. The Morgan fingerprint density at radius 3 is 2.84 bits per heavy atom. The number of hydrogen-bond donors (Lipinski definition) is 1. The molecule has 3 heterocycles. The van der Waals surface area contributed by atoms with E-state index in [1.807, 2.05) is 0 Å². The topological polar surface area (TPSA) is 97.7 Å². The Morgan fingerprint density at radius 2 is 2.08 bits per heavy atom. The molecule has 1 unspecified atom stereocenters. The SMILES string of the molecule is O=C(c1cc2cccc([N+](=O)[O-])c2[nH]1)N1CCCCC1C1OCCO1. The number of piperidine rings is 1. The number of nitrogens with one attached hydrogen (secondary N) is 1. The van der Waals surface area contributed by atoms with Crippen LogP contribution in [0.4, 0.5) is 5.69 Å². The number of carbonyl (C=O) groups is 1. The number of H-pyrrole nitrogens is 1. The van der Waals surface area contributed by atoms with E-state index < -0.39 is 4.92 Å². The van der Waals surface area contributed by atoms with Gasteiger partial charge < -0.3 is 19.4 Å².